The molecule has 0 saturated carbocycles. The fourth-order valence-electron chi connectivity index (χ4n) is 1.85. The van der Waals surface area contributed by atoms with Crippen LogP contribution in [0.3, 0.4) is 0 Å². The molecule has 0 atom stereocenters. The van der Waals surface area contributed by atoms with Crippen LogP contribution in [0, 0.1) is 11.3 Å². The molecular formula is C15H22N2O2. The number of nitriles is 1. The molecule has 1 aromatic carbocycles. The van der Waals surface area contributed by atoms with Crippen molar-refractivity contribution in [3.05, 3.63) is 30.3 Å². The van der Waals surface area contributed by atoms with Gasteiger partial charge in [-0.25, -0.2) is 0 Å². The Kier molecular flexibility index (Phi) is 7.64. The van der Waals surface area contributed by atoms with Crippen LogP contribution in [-0.4, -0.2) is 32.6 Å². The first-order chi connectivity index (χ1) is 9.31. The van der Waals surface area contributed by atoms with Crippen LogP contribution in [0.1, 0.15) is 20.3 Å². The Morgan fingerprint density at radius 3 is 2.32 bits per heavy atom. The zero-order valence-electron chi connectivity index (χ0n) is 11.7. The van der Waals surface area contributed by atoms with Gasteiger partial charge in [0.05, 0.1) is 19.0 Å². The van der Waals surface area contributed by atoms with E-state index in [1.165, 1.54) is 0 Å². The van der Waals surface area contributed by atoms with E-state index >= 15 is 0 Å². The fourth-order valence-corrected chi connectivity index (χ4v) is 1.85. The highest BCUT2D eigenvalue weighted by Crippen LogP contribution is 2.15. The average molecular weight is 262 g/mol. The first-order valence-corrected chi connectivity index (χ1v) is 6.72. The summed E-state index contributed by atoms with van der Waals surface area (Å²) in [6.45, 7) is 6.45. The zero-order valence-corrected chi connectivity index (χ0v) is 11.7. The first kappa shape index (κ1) is 15.5. The Labute approximate surface area is 115 Å². The van der Waals surface area contributed by atoms with Crippen LogP contribution in [0.25, 0.3) is 0 Å². The van der Waals surface area contributed by atoms with E-state index in [0.29, 0.717) is 32.7 Å². The summed E-state index contributed by atoms with van der Waals surface area (Å²) in [5.41, 5.74) is 1.09. The van der Waals surface area contributed by atoms with Crippen molar-refractivity contribution in [3.63, 3.8) is 0 Å². The molecule has 0 radical (unpaired) electrons. The number of nitrogens with zero attached hydrogens (tertiary/aromatic N) is 2. The summed E-state index contributed by atoms with van der Waals surface area (Å²) in [5, 5.41) is 8.76. The van der Waals surface area contributed by atoms with Gasteiger partial charge in [0, 0.05) is 25.4 Å². The molecule has 4 heteroatoms. The summed E-state index contributed by atoms with van der Waals surface area (Å²) < 4.78 is 11.1. The first-order valence-electron chi connectivity index (χ1n) is 6.72. The van der Waals surface area contributed by atoms with Crippen LogP contribution < -0.4 is 4.90 Å². The van der Waals surface area contributed by atoms with E-state index in [9.17, 15) is 0 Å². The van der Waals surface area contributed by atoms with Crippen LogP contribution >= 0.6 is 0 Å². The van der Waals surface area contributed by atoms with E-state index in [1.54, 1.807) is 0 Å². The van der Waals surface area contributed by atoms with Crippen LogP contribution in [0.5, 0.6) is 0 Å². The molecule has 0 aliphatic carbocycles. The van der Waals surface area contributed by atoms with Gasteiger partial charge in [0.25, 0.3) is 0 Å². The van der Waals surface area contributed by atoms with E-state index in [2.05, 4.69) is 11.0 Å². The van der Waals surface area contributed by atoms with Crippen LogP contribution in [0.4, 0.5) is 5.69 Å². The maximum atomic E-state index is 8.76. The fraction of sp³-hybridized carbons (Fsp3) is 0.533. The highest BCUT2D eigenvalue weighted by molar-refractivity contribution is 5.46. The molecule has 0 bridgehead atoms. The Morgan fingerprint density at radius 1 is 1.16 bits per heavy atom. The number of ether oxygens (including phenoxy) is 2. The van der Waals surface area contributed by atoms with Crippen LogP contribution in [0.2, 0.25) is 0 Å². The summed E-state index contributed by atoms with van der Waals surface area (Å²) in [5.74, 6) is 0. The van der Waals surface area contributed by atoms with E-state index in [-0.39, 0.29) is 6.29 Å². The molecule has 0 aliphatic rings. The summed E-state index contributed by atoms with van der Waals surface area (Å²) in [4.78, 5) is 2.12. The Bertz CT molecular complexity index is 369. The quantitative estimate of drug-likeness (QED) is 0.642. The lowest BCUT2D eigenvalue weighted by Gasteiger charge is -2.28. The second-order valence-electron chi connectivity index (χ2n) is 4.03. The molecule has 0 amide bonds. The molecule has 4 nitrogen and oxygen atoms in total. The van der Waals surface area contributed by atoms with Gasteiger partial charge >= 0.3 is 0 Å². The van der Waals surface area contributed by atoms with Gasteiger partial charge in [0.15, 0.2) is 6.29 Å². The van der Waals surface area contributed by atoms with Gasteiger partial charge in [-0.3, -0.25) is 0 Å². The minimum Gasteiger partial charge on any atom is -0.365 e. The average Bonchev–Trinajstić information content (AvgIpc) is 2.44. The highest BCUT2D eigenvalue weighted by atomic mass is 16.7. The minimum atomic E-state index is -0.256. The lowest BCUT2D eigenvalue weighted by molar-refractivity contribution is -0.129. The standard InChI is InChI=1S/C15H22N2O2/c1-3-18-15(19-4-2)13-17(12-8-11-16)14-9-6-5-7-10-14/h5-7,9-10,15H,3-4,8,12-13H2,1-2H3. The van der Waals surface area contributed by atoms with Crippen LogP contribution in [-0.2, 0) is 9.47 Å². The molecule has 19 heavy (non-hydrogen) atoms. The van der Waals surface area contributed by atoms with Gasteiger partial charge in [-0.1, -0.05) is 18.2 Å². The summed E-state index contributed by atoms with van der Waals surface area (Å²) in [6.07, 6.45) is 0.230. The molecule has 0 unspecified atom stereocenters. The van der Waals surface area contributed by atoms with Gasteiger partial charge in [-0.05, 0) is 26.0 Å². The van der Waals surface area contributed by atoms with Crippen molar-refractivity contribution in [2.24, 2.45) is 0 Å². The highest BCUT2D eigenvalue weighted by Gasteiger charge is 2.14. The van der Waals surface area contributed by atoms with Crippen molar-refractivity contribution in [3.8, 4) is 6.07 Å². The molecule has 0 fully saturated rings. The lowest BCUT2D eigenvalue weighted by Crippen LogP contribution is -2.36. The van der Waals surface area contributed by atoms with E-state index in [0.717, 1.165) is 5.69 Å². The van der Waals surface area contributed by atoms with Crippen molar-refractivity contribution in [1.82, 2.24) is 0 Å². The molecule has 0 aliphatic heterocycles. The van der Waals surface area contributed by atoms with Gasteiger partial charge in [-0.15, -0.1) is 0 Å². The normalized spacial score (nSPS) is 10.4. The molecule has 1 aromatic rings. The van der Waals surface area contributed by atoms with Crippen molar-refractivity contribution >= 4 is 5.69 Å². The topological polar surface area (TPSA) is 45.5 Å². The number of benzene rings is 1. The third kappa shape index (κ3) is 5.73. The van der Waals surface area contributed by atoms with E-state index < -0.39 is 0 Å². The van der Waals surface area contributed by atoms with E-state index in [4.69, 9.17) is 14.7 Å². The van der Waals surface area contributed by atoms with Gasteiger partial charge < -0.3 is 14.4 Å². The largest absolute Gasteiger partial charge is 0.365 e. The van der Waals surface area contributed by atoms with Crippen molar-refractivity contribution in [1.29, 1.82) is 5.26 Å². The maximum Gasteiger partial charge on any atom is 0.174 e. The monoisotopic (exact) mass is 262 g/mol. The third-order valence-electron chi connectivity index (χ3n) is 2.69. The van der Waals surface area contributed by atoms with Crippen LogP contribution in [0.15, 0.2) is 30.3 Å². The van der Waals surface area contributed by atoms with Crippen molar-refractivity contribution in [2.45, 2.75) is 26.6 Å². The molecule has 0 saturated heterocycles. The number of hydrogen-bond donors (Lipinski definition) is 0. The van der Waals surface area contributed by atoms with E-state index in [1.807, 2.05) is 44.2 Å². The molecule has 104 valence electrons. The lowest BCUT2D eigenvalue weighted by atomic mass is 10.2. The molecule has 0 heterocycles. The molecule has 0 aromatic heterocycles. The SMILES string of the molecule is CCOC(CN(CCC#N)c1ccccc1)OCC. The minimum absolute atomic E-state index is 0.256. The van der Waals surface area contributed by atoms with Gasteiger partial charge in [0.1, 0.15) is 0 Å². The Morgan fingerprint density at radius 2 is 1.79 bits per heavy atom. The van der Waals surface area contributed by atoms with Gasteiger partial charge in [-0.2, -0.15) is 5.26 Å². The smallest absolute Gasteiger partial charge is 0.174 e. The second kappa shape index (κ2) is 9.37. The van der Waals surface area contributed by atoms with Gasteiger partial charge in [0.2, 0.25) is 0 Å². The number of hydrogen-bond acceptors (Lipinski definition) is 4. The predicted octanol–water partition coefficient (Wildman–Crippen LogP) is 2.81. The summed E-state index contributed by atoms with van der Waals surface area (Å²) in [7, 11) is 0. The summed E-state index contributed by atoms with van der Waals surface area (Å²) >= 11 is 0. The molecule has 0 spiro atoms. The number of anilines is 1. The number of rotatable bonds is 9. The third-order valence-corrected chi connectivity index (χ3v) is 2.69. The zero-order chi connectivity index (χ0) is 13.9. The maximum absolute atomic E-state index is 8.76. The Hall–Kier alpha value is -1.57. The molecule has 0 N–H and O–H groups in total. The summed E-state index contributed by atoms with van der Waals surface area (Å²) in [6, 6.07) is 12.2. The van der Waals surface area contributed by atoms with Crippen molar-refractivity contribution in [2.75, 3.05) is 31.2 Å². The molecular weight excluding hydrogens is 240 g/mol. The predicted molar refractivity (Wildman–Crippen MR) is 75.9 cm³/mol. The van der Waals surface area contributed by atoms with Crippen molar-refractivity contribution < 1.29 is 9.47 Å². The molecule has 1 rings (SSSR count). The second-order valence-corrected chi connectivity index (χ2v) is 4.03. The number of para-hydroxylation sites is 1. The Balaban J connectivity index is 2.70.